The Bertz CT molecular complexity index is 599. The van der Waals surface area contributed by atoms with Crippen LogP contribution in [0.1, 0.15) is 25.8 Å². The van der Waals surface area contributed by atoms with Gasteiger partial charge in [0.25, 0.3) is 0 Å². The molecular formula is C18H29N3O3. The number of ether oxygens (including phenoxy) is 3. The fourth-order valence-corrected chi connectivity index (χ4v) is 3.10. The highest BCUT2D eigenvalue weighted by Gasteiger charge is 2.31. The maximum atomic E-state index is 5.54. The number of methoxy groups -OCH3 is 3. The van der Waals surface area contributed by atoms with E-state index >= 15 is 0 Å². The van der Waals surface area contributed by atoms with E-state index in [1.54, 1.807) is 21.3 Å². The average molecular weight is 335 g/mol. The van der Waals surface area contributed by atoms with Crippen LogP contribution in [-0.2, 0) is 6.54 Å². The summed E-state index contributed by atoms with van der Waals surface area (Å²) in [5.41, 5.74) is 1.33. The largest absolute Gasteiger partial charge is 0.493 e. The lowest BCUT2D eigenvalue weighted by Crippen LogP contribution is -2.40. The molecule has 134 valence electrons. The Kier molecular flexibility index (Phi) is 5.80. The first-order valence-electron chi connectivity index (χ1n) is 8.19. The molecule has 0 radical (unpaired) electrons. The Morgan fingerprint density at radius 1 is 1.17 bits per heavy atom. The summed E-state index contributed by atoms with van der Waals surface area (Å²) < 4.78 is 16.3. The molecule has 0 bridgehead atoms. The van der Waals surface area contributed by atoms with Crippen molar-refractivity contribution in [3.05, 3.63) is 17.7 Å². The fraction of sp³-hybridized carbons (Fsp3) is 0.611. The predicted molar refractivity (Wildman–Crippen MR) is 96.3 cm³/mol. The monoisotopic (exact) mass is 335 g/mol. The second-order valence-corrected chi connectivity index (χ2v) is 6.73. The van der Waals surface area contributed by atoms with E-state index in [2.05, 4.69) is 29.1 Å². The molecule has 1 aromatic carbocycles. The maximum absolute atomic E-state index is 5.54. The van der Waals surface area contributed by atoms with Crippen molar-refractivity contribution in [2.75, 3.05) is 41.5 Å². The van der Waals surface area contributed by atoms with Gasteiger partial charge in [-0.05, 0) is 24.0 Å². The third kappa shape index (κ3) is 3.86. The van der Waals surface area contributed by atoms with Crippen molar-refractivity contribution in [2.24, 2.45) is 10.4 Å². The number of rotatable bonds is 5. The Hall–Kier alpha value is -2.11. The lowest BCUT2D eigenvalue weighted by molar-refractivity contribution is 0.321. The van der Waals surface area contributed by atoms with Crippen LogP contribution in [0.5, 0.6) is 17.2 Å². The molecule has 0 atom stereocenters. The predicted octanol–water partition coefficient (Wildman–Crippen LogP) is 2.52. The summed E-state index contributed by atoms with van der Waals surface area (Å²) in [5, 5.41) is 3.43. The highest BCUT2D eigenvalue weighted by molar-refractivity contribution is 5.80. The molecular weight excluding hydrogens is 306 g/mol. The first-order valence-corrected chi connectivity index (χ1v) is 8.19. The molecule has 1 aromatic rings. The molecule has 24 heavy (non-hydrogen) atoms. The molecule has 0 aromatic heterocycles. The van der Waals surface area contributed by atoms with Gasteiger partial charge in [-0.2, -0.15) is 0 Å². The fourth-order valence-electron chi connectivity index (χ4n) is 3.10. The minimum Gasteiger partial charge on any atom is -0.493 e. The number of benzene rings is 1. The smallest absolute Gasteiger partial charge is 0.203 e. The van der Waals surface area contributed by atoms with Gasteiger partial charge < -0.3 is 24.4 Å². The van der Waals surface area contributed by atoms with Crippen molar-refractivity contribution in [3.63, 3.8) is 0 Å². The van der Waals surface area contributed by atoms with Gasteiger partial charge in [0.05, 0.1) is 21.3 Å². The molecule has 0 aliphatic carbocycles. The summed E-state index contributed by atoms with van der Waals surface area (Å²) in [6, 6.07) is 3.87. The number of guanidine groups is 1. The second-order valence-electron chi connectivity index (χ2n) is 6.73. The molecule has 1 N–H and O–H groups in total. The zero-order valence-corrected chi connectivity index (χ0v) is 15.6. The number of likely N-dealkylation sites (tertiary alicyclic amines) is 1. The normalized spacial score (nSPS) is 16.9. The van der Waals surface area contributed by atoms with E-state index in [-0.39, 0.29) is 0 Å². The number of hydrogen-bond donors (Lipinski definition) is 1. The minimum atomic E-state index is 0.332. The van der Waals surface area contributed by atoms with E-state index < -0.39 is 0 Å². The SMILES string of the molecule is CN=C(NCc1ccc(OC)c(OC)c1OC)N1CCC(C)(C)C1. The molecule has 1 saturated heterocycles. The van der Waals surface area contributed by atoms with Crippen LogP contribution >= 0.6 is 0 Å². The van der Waals surface area contributed by atoms with Gasteiger partial charge in [-0.3, -0.25) is 4.99 Å². The van der Waals surface area contributed by atoms with Gasteiger partial charge in [0.1, 0.15) is 0 Å². The summed E-state index contributed by atoms with van der Waals surface area (Å²) >= 11 is 0. The summed E-state index contributed by atoms with van der Waals surface area (Å²) in [6.45, 7) is 7.22. The quantitative estimate of drug-likeness (QED) is 0.662. The summed E-state index contributed by atoms with van der Waals surface area (Å²) in [7, 11) is 6.69. The Morgan fingerprint density at radius 3 is 2.38 bits per heavy atom. The van der Waals surface area contributed by atoms with Crippen molar-refractivity contribution >= 4 is 5.96 Å². The van der Waals surface area contributed by atoms with Gasteiger partial charge in [-0.25, -0.2) is 0 Å². The highest BCUT2D eigenvalue weighted by Crippen LogP contribution is 2.39. The van der Waals surface area contributed by atoms with Crippen LogP contribution in [-0.4, -0.2) is 52.3 Å². The zero-order chi connectivity index (χ0) is 17.7. The van der Waals surface area contributed by atoms with Crippen molar-refractivity contribution < 1.29 is 14.2 Å². The molecule has 2 rings (SSSR count). The van der Waals surface area contributed by atoms with Crippen LogP contribution in [0.3, 0.4) is 0 Å². The second kappa shape index (κ2) is 7.64. The standard InChI is InChI=1S/C18H29N3O3/c1-18(2)9-10-21(12-18)17(19-3)20-11-13-7-8-14(22-4)16(24-6)15(13)23-5/h7-8H,9-12H2,1-6H3,(H,19,20). The van der Waals surface area contributed by atoms with E-state index in [0.29, 0.717) is 29.2 Å². The molecule has 1 aliphatic heterocycles. The van der Waals surface area contributed by atoms with E-state index in [9.17, 15) is 0 Å². The molecule has 0 saturated carbocycles. The molecule has 6 heteroatoms. The van der Waals surface area contributed by atoms with Crippen LogP contribution < -0.4 is 19.5 Å². The van der Waals surface area contributed by atoms with Gasteiger partial charge in [-0.15, -0.1) is 0 Å². The highest BCUT2D eigenvalue weighted by atomic mass is 16.5. The van der Waals surface area contributed by atoms with Gasteiger partial charge in [0.15, 0.2) is 17.5 Å². The van der Waals surface area contributed by atoms with Crippen molar-refractivity contribution in [1.82, 2.24) is 10.2 Å². The summed E-state index contributed by atoms with van der Waals surface area (Å²) in [6.07, 6.45) is 1.17. The third-order valence-electron chi connectivity index (χ3n) is 4.41. The van der Waals surface area contributed by atoms with E-state index in [1.807, 2.05) is 19.2 Å². The van der Waals surface area contributed by atoms with Crippen molar-refractivity contribution in [2.45, 2.75) is 26.8 Å². The van der Waals surface area contributed by atoms with Crippen LogP contribution in [0.2, 0.25) is 0 Å². The molecule has 0 spiro atoms. The lowest BCUT2D eigenvalue weighted by Gasteiger charge is -2.24. The first kappa shape index (κ1) is 18.2. The number of hydrogen-bond acceptors (Lipinski definition) is 4. The van der Waals surface area contributed by atoms with Gasteiger partial charge in [-0.1, -0.05) is 13.8 Å². The van der Waals surface area contributed by atoms with Crippen molar-refractivity contribution in [3.8, 4) is 17.2 Å². The topological polar surface area (TPSA) is 55.3 Å². The Morgan fingerprint density at radius 2 is 1.88 bits per heavy atom. The minimum absolute atomic E-state index is 0.332. The van der Waals surface area contributed by atoms with Gasteiger partial charge >= 0.3 is 0 Å². The van der Waals surface area contributed by atoms with Crippen LogP contribution in [0.15, 0.2) is 17.1 Å². The average Bonchev–Trinajstić information content (AvgIpc) is 2.94. The first-order chi connectivity index (χ1) is 11.5. The molecule has 0 amide bonds. The molecule has 1 aliphatic rings. The number of nitrogens with zero attached hydrogens (tertiary/aromatic N) is 2. The maximum Gasteiger partial charge on any atom is 0.203 e. The Labute approximate surface area is 144 Å². The Balaban J connectivity index is 2.13. The molecule has 0 unspecified atom stereocenters. The number of aliphatic imine (C=N–C) groups is 1. The zero-order valence-electron chi connectivity index (χ0n) is 15.6. The van der Waals surface area contributed by atoms with Gasteiger partial charge in [0.2, 0.25) is 5.75 Å². The summed E-state index contributed by atoms with van der Waals surface area (Å²) in [4.78, 5) is 6.72. The van der Waals surface area contributed by atoms with E-state index in [1.165, 1.54) is 6.42 Å². The summed E-state index contributed by atoms with van der Waals surface area (Å²) in [5.74, 6) is 2.86. The lowest BCUT2D eigenvalue weighted by atomic mass is 9.93. The molecule has 1 fully saturated rings. The van der Waals surface area contributed by atoms with Crippen LogP contribution in [0, 0.1) is 5.41 Å². The van der Waals surface area contributed by atoms with Crippen molar-refractivity contribution in [1.29, 1.82) is 0 Å². The van der Waals surface area contributed by atoms with E-state index in [4.69, 9.17) is 14.2 Å². The van der Waals surface area contributed by atoms with E-state index in [0.717, 1.165) is 24.6 Å². The van der Waals surface area contributed by atoms with Crippen LogP contribution in [0.4, 0.5) is 0 Å². The van der Waals surface area contributed by atoms with Crippen LogP contribution in [0.25, 0.3) is 0 Å². The molecule has 1 heterocycles. The third-order valence-corrected chi connectivity index (χ3v) is 4.41. The molecule has 6 nitrogen and oxygen atoms in total. The van der Waals surface area contributed by atoms with Gasteiger partial charge in [0, 0.05) is 32.2 Å². The number of nitrogens with one attached hydrogen (secondary N) is 1.